The lowest BCUT2D eigenvalue weighted by atomic mass is 10.1. The highest BCUT2D eigenvalue weighted by Crippen LogP contribution is 2.36. The van der Waals surface area contributed by atoms with E-state index in [-0.39, 0.29) is 11.9 Å². The van der Waals surface area contributed by atoms with E-state index in [0.717, 1.165) is 17.3 Å². The molecule has 190 valence electrons. The second-order valence-electron chi connectivity index (χ2n) is 8.49. The van der Waals surface area contributed by atoms with Crippen LogP contribution in [0.25, 0.3) is 0 Å². The molecule has 0 aromatic carbocycles. The number of pyridine rings is 2. The van der Waals surface area contributed by atoms with Crippen LogP contribution in [0.15, 0.2) is 49.1 Å². The van der Waals surface area contributed by atoms with E-state index in [1.54, 1.807) is 29.7 Å². The quantitative estimate of drug-likeness (QED) is 0.470. The van der Waals surface area contributed by atoms with Crippen molar-refractivity contribution in [2.45, 2.75) is 38.7 Å². The molecule has 9 nitrogen and oxygen atoms in total. The van der Waals surface area contributed by atoms with E-state index in [2.05, 4.69) is 32.3 Å². The predicted octanol–water partition coefficient (Wildman–Crippen LogP) is 4.14. The molecule has 4 heterocycles. The summed E-state index contributed by atoms with van der Waals surface area (Å²) in [5.41, 5.74) is 2.57. The molecule has 3 aromatic rings. The standard InChI is InChI=1S/C24H26F3N7O2/c1-13-21-18(33(4)22(15(3)36-5)23(35)32-21)8-20(31-13)29-9-16-10-30-34(12-16)14(2)17-6-7-19(28-11-17)24(25,26)27/h6-8,10-12,14,22H,3,9H2,1-2,4-5H3,(H,29,31)(H,32,35)/t14-,22-/m0/s1. The summed E-state index contributed by atoms with van der Waals surface area (Å²) >= 11 is 0. The van der Waals surface area contributed by atoms with Crippen LogP contribution < -0.4 is 15.5 Å². The molecule has 0 bridgehead atoms. The SMILES string of the molecule is C=C(OC)[C@H]1C(=O)Nc2c(cc(NCc3cnn([C@@H](C)c4ccc(C(F)(F)F)nc4)c3)nc2C)N1C. The summed E-state index contributed by atoms with van der Waals surface area (Å²) in [6.07, 6.45) is 0.227. The lowest BCUT2D eigenvalue weighted by Crippen LogP contribution is -2.47. The van der Waals surface area contributed by atoms with Crippen LogP contribution in [0.2, 0.25) is 0 Å². The minimum atomic E-state index is -4.48. The topological polar surface area (TPSA) is 97.2 Å². The number of aryl methyl sites for hydroxylation is 1. The minimum Gasteiger partial charge on any atom is -0.499 e. The van der Waals surface area contributed by atoms with Crippen molar-refractivity contribution in [2.75, 3.05) is 29.7 Å². The Morgan fingerprint density at radius 2 is 2.08 bits per heavy atom. The van der Waals surface area contributed by atoms with Gasteiger partial charge in [0.15, 0.2) is 6.04 Å². The summed E-state index contributed by atoms with van der Waals surface area (Å²) < 4.78 is 45.2. The Kier molecular flexibility index (Phi) is 6.61. The normalized spacial score (nSPS) is 16.2. The van der Waals surface area contributed by atoms with E-state index in [9.17, 15) is 18.0 Å². The number of amides is 1. The molecule has 4 rings (SSSR count). The number of nitrogens with one attached hydrogen (secondary N) is 2. The van der Waals surface area contributed by atoms with Gasteiger partial charge in [-0.05, 0) is 25.5 Å². The molecule has 2 atom stereocenters. The number of nitrogens with zero attached hydrogens (tertiary/aromatic N) is 5. The van der Waals surface area contributed by atoms with Gasteiger partial charge in [0.25, 0.3) is 5.91 Å². The fraction of sp³-hybridized carbons (Fsp3) is 0.333. The average Bonchev–Trinajstić information content (AvgIpc) is 3.31. The van der Waals surface area contributed by atoms with Gasteiger partial charge in [-0.1, -0.05) is 12.6 Å². The van der Waals surface area contributed by atoms with E-state index in [4.69, 9.17) is 4.74 Å². The van der Waals surface area contributed by atoms with Crippen molar-refractivity contribution in [3.8, 4) is 0 Å². The third-order valence-corrected chi connectivity index (χ3v) is 6.10. The molecule has 0 unspecified atom stereocenters. The third-order valence-electron chi connectivity index (χ3n) is 6.10. The van der Waals surface area contributed by atoms with Crippen molar-refractivity contribution >= 4 is 23.1 Å². The molecule has 1 amide bonds. The lowest BCUT2D eigenvalue weighted by Gasteiger charge is -2.36. The highest BCUT2D eigenvalue weighted by Gasteiger charge is 2.35. The van der Waals surface area contributed by atoms with E-state index in [0.29, 0.717) is 35.1 Å². The zero-order valence-corrected chi connectivity index (χ0v) is 20.2. The van der Waals surface area contributed by atoms with Crippen molar-refractivity contribution < 1.29 is 22.7 Å². The summed E-state index contributed by atoms with van der Waals surface area (Å²) in [4.78, 5) is 22.4. The Bertz CT molecular complexity index is 1290. The Morgan fingerprint density at radius 3 is 2.72 bits per heavy atom. The van der Waals surface area contributed by atoms with Gasteiger partial charge in [-0.2, -0.15) is 18.3 Å². The van der Waals surface area contributed by atoms with E-state index in [1.165, 1.54) is 19.4 Å². The molecule has 0 saturated carbocycles. The number of hydrogen-bond donors (Lipinski definition) is 2. The summed E-state index contributed by atoms with van der Waals surface area (Å²) in [6, 6.07) is 3.23. The molecule has 2 N–H and O–H groups in total. The number of halogens is 3. The van der Waals surface area contributed by atoms with Crippen LogP contribution in [0.3, 0.4) is 0 Å². The number of ether oxygens (including phenoxy) is 1. The fourth-order valence-corrected chi connectivity index (χ4v) is 4.01. The molecule has 0 fully saturated rings. The molecule has 3 aromatic heterocycles. The zero-order valence-electron chi connectivity index (χ0n) is 20.2. The first-order valence-electron chi connectivity index (χ1n) is 11.1. The monoisotopic (exact) mass is 501 g/mol. The number of carbonyl (C=O) groups excluding carboxylic acids is 1. The second kappa shape index (κ2) is 9.51. The summed E-state index contributed by atoms with van der Waals surface area (Å²) in [7, 11) is 3.26. The number of anilines is 3. The number of fused-ring (bicyclic) bond motifs is 1. The number of aromatic nitrogens is 4. The second-order valence-corrected chi connectivity index (χ2v) is 8.49. The van der Waals surface area contributed by atoms with Crippen molar-refractivity contribution in [3.63, 3.8) is 0 Å². The molecular formula is C24H26F3N7O2. The fourth-order valence-electron chi connectivity index (χ4n) is 4.01. The van der Waals surface area contributed by atoms with Crippen LogP contribution in [0.5, 0.6) is 0 Å². The first kappa shape index (κ1) is 25.0. The molecule has 1 aliphatic rings. The highest BCUT2D eigenvalue weighted by atomic mass is 19.4. The van der Waals surface area contributed by atoms with Crippen LogP contribution in [0.4, 0.5) is 30.4 Å². The van der Waals surface area contributed by atoms with Gasteiger partial charge in [-0.15, -0.1) is 0 Å². The van der Waals surface area contributed by atoms with Crippen molar-refractivity contribution in [3.05, 3.63) is 71.6 Å². The van der Waals surface area contributed by atoms with E-state index in [1.807, 2.05) is 19.2 Å². The first-order valence-corrected chi connectivity index (χ1v) is 11.1. The lowest BCUT2D eigenvalue weighted by molar-refractivity contribution is -0.141. The minimum absolute atomic E-state index is 0.243. The zero-order chi connectivity index (χ0) is 26.2. The van der Waals surface area contributed by atoms with Gasteiger partial charge in [0.2, 0.25) is 0 Å². The number of methoxy groups -OCH3 is 1. The molecule has 0 aliphatic carbocycles. The summed E-state index contributed by atoms with van der Waals surface area (Å²) in [5, 5.41) is 10.5. The van der Waals surface area contributed by atoms with Crippen LogP contribution in [0, 0.1) is 6.92 Å². The van der Waals surface area contributed by atoms with Crippen LogP contribution in [-0.2, 0) is 22.3 Å². The van der Waals surface area contributed by atoms with Gasteiger partial charge in [-0.25, -0.2) is 4.98 Å². The van der Waals surface area contributed by atoms with Crippen molar-refractivity contribution in [2.24, 2.45) is 0 Å². The van der Waals surface area contributed by atoms with Gasteiger partial charge < -0.3 is 20.3 Å². The third kappa shape index (κ3) is 4.83. The van der Waals surface area contributed by atoms with E-state index < -0.39 is 17.9 Å². The Hall–Kier alpha value is -4.09. The summed E-state index contributed by atoms with van der Waals surface area (Å²) in [6.45, 7) is 7.87. The van der Waals surface area contributed by atoms with Gasteiger partial charge >= 0.3 is 6.18 Å². The number of rotatable bonds is 7. The molecule has 0 radical (unpaired) electrons. The maximum atomic E-state index is 12.8. The largest absolute Gasteiger partial charge is 0.499 e. The molecule has 36 heavy (non-hydrogen) atoms. The number of carbonyl (C=O) groups is 1. The molecule has 1 aliphatic heterocycles. The van der Waals surface area contributed by atoms with E-state index >= 15 is 0 Å². The van der Waals surface area contributed by atoms with Crippen LogP contribution >= 0.6 is 0 Å². The van der Waals surface area contributed by atoms with Crippen molar-refractivity contribution in [1.82, 2.24) is 19.7 Å². The molecular weight excluding hydrogens is 475 g/mol. The van der Waals surface area contributed by atoms with Gasteiger partial charge in [0.05, 0.1) is 36.4 Å². The Labute approximate surface area is 206 Å². The maximum Gasteiger partial charge on any atom is 0.433 e. The number of alkyl halides is 3. The predicted molar refractivity (Wildman–Crippen MR) is 129 cm³/mol. The number of likely N-dealkylation sites (N-methyl/N-ethyl adjacent to an activating group) is 1. The number of hydrogen-bond acceptors (Lipinski definition) is 7. The average molecular weight is 502 g/mol. The highest BCUT2D eigenvalue weighted by molar-refractivity contribution is 6.05. The first-order chi connectivity index (χ1) is 17.0. The Morgan fingerprint density at radius 1 is 1.33 bits per heavy atom. The Balaban J connectivity index is 1.47. The molecule has 0 saturated heterocycles. The van der Waals surface area contributed by atoms with Gasteiger partial charge in [0, 0.05) is 37.6 Å². The maximum absolute atomic E-state index is 12.8. The molecule has 0 spiro atoms. The van der Waals surface area contributed by atoms with Crippen LogP contribution in [0.1, 0.15) is 35.5 Å². The van der Waals surface area contributed by atoms with Gasteiger partial charge in [0.1, 0.15) is 17.3 Å². The molecule has 12 heteroatoms. The smallest absolute Gasteiger partial charge is 0.433 e. The van der Waals surface area contributed by atoms with Crippen LogP contribution in [-0.4, -0.2) is 45.9 Å². The van der Waals surface area contributed by atoms with Gasteiger partial charge in [-0.3, -0.25) is 14.5 Å². The van der Waals surface area contributed by atoms with Crippen molar-refractivity contribution in [1.29, 1.82) is 0 Å². The summed E-state index contributed by atoms with van der Waals surface area (Å²) in [5.74, 6) is 0.686.